The van der Waals surface area contributed by atoms with Gasteiger partial charge in [-0.3, -0.25) is 0 Å². The zero-order chi connectivity index (χ0) is 15.4. The number of aromatic nitrogens is 5. The summed E-state index contributed by atoms with van der Waals surface area (Å²) in [4.78, 5) is 8.06. The van der Waals surface area contributed by atoms with Gasteiger partial charge in [0.05, 0.1) is 26.0 Å². The number of aliphatic hydroxyl groups is 1. The number of aliphatic hydroxyl groups excluding tert-OH is 1. The SMILES string of the molecule is COc1ncc(-c2cn(CC(O)c3ccccc3)nn2)cn1. The van der Waals surface area contributed by atoms with Gasteiger partial charge in [-0.15, -0.1) is 5.10 Å². The topological polar surface area (TPSA) is 86.0 Å². The summed E-state index contributed by atoms with van der Waals surface area (Å²) in [6.45, 7) is 0.327. The molecule has 1 N–H and O–H groups in total. The van der Waals surface area contributed by atoms with Crippen LogP contribution in [-0.4, -0.2) is 37.2 Å². The third-order valence-electron chi connectivity index (χ3n) is 3.19. The van der Waals surface area contributed by atoms with Crippen LogP contribution in [-0.2, 0) is 6.54 Å². The van der Waals surface area contributed by atoms with Gasteiger partial charge in [0, 0.05) is 18.0 Å². The average molecular weight is 297 g/mol. The molecule has 1 unspecified atom stereocenters. The van der Waals surface area contributed by atoms with Gasteiger partial charge in [0.25, 0.3) is 0 Å². The minimum atomic E-state index is -0.636. The van der Waals surface area contributed by atoms with Gasteiger partial charge < -0.3 is 9.84 Å². The smallest absolute Gasteiger partial charge is 0.316 e. The Labute approximate surface area is 127 Å². The van der Waals surface area contributed by atoms with E-state index in [2.05, 4.69) is 20.3 Å². The lowest BCUT2D eigenvalue weighted by Gasteiger charge is -2.09. The maximum Gasteiger partial charge on any atom is 0.316 e. The minimum Gasteiger partial charge on any atom is -0.467 e. The Balaban J connectivity index is 1.73. The maximum atomic E-state index is 10.2. The van der Waals surface area contributed by atoms with Gasteiger partial charge >= 0.3 is 6.01 Å². The molecule has 0 fully saturated rings. The second-order valence-corrected chi connectivity index (χ2v) is 4.71. The molecule has 112 valence electrons. The predicted octanol–water partition coefficient (Wildman–Crippen LogP) is 1.48. The Hall–Kier alpha value is -2.80. The lowest BCUT2D eigenvalue weighted by molar-refractivity contribution is 0.150. The van der Waals surface area contributed by atoms with E-state index in [1.165, 1.54) is 7.11 Å². The van der Waals surface area contributed by atoms with Gasteiger partial charge in [0.1, 0.15) is 5.69 Å². The highest BCUT2D eigenvalue weighted by atomic mass is 16.5. The molecule has 0 radical (unpaired) electrons. The molecule has 0 amide bonds. The number of hydrogen-bond acceptors (Lipinski definition) is 6. The molecule has 7 nitrogen and oxygen atoms in total. The molecule has 0 saturated carbocycles. The van der Waals surface area contributed by atoms with E-state index < -0.39 is 6.10 Å². The molecular formula is C15H15N5O2. The quantitative estimate of drug-likeness (QED) is 0.767. The lowest BCUT2D eigenvalue weighted by atomic mass is 10.1. The van der Waals surface area contributed by atoms with Crippen molar-refractivity contribution in [2.75, 3.05) is 7.11 Å². The van der Waals surface area contributed by atoms with E-state index in [9.17, 15) is 5.11 Å². The van der Waals surface area contributed by atoms with Crippen LogP contribution < -0.4 is 4.74 Å². The fraction of sp³-hybridized carbons (Fsp3) is 0.200. The van der Waals surface area contributed by atoms with E-state index in [0.29, 0.717) is 18.2 Å². The summed E-state index contributed by atoms with van der Waals surface area (Å²) in [5.41, 5.74) is 2.22. The number of methoxy groups -OCH3 is 1. The minimum absolute atomic E-state index is 0.302. The molecule has 1 aromatic carbocycles. The first-order valence-corrected chi connectivity index (χ1v) is 6.76. The van der Waals surface area contributed by atoms with Gasteiger partial charge in [0.15, 0.2) is 0 Å². The molecule has 0 saturated heterocycles. The van der Waals surface area contributed by atoms with Crippen molar-refractivity contribution >= 4 is 0 Å². The highest BCUT2D eigenvalue weighted by molar-refractivity contribution is 5.54. The molecule has 3 aromatic rings. The van der Waals surface area contributed by atoms with Crippen LogP contribution >= 0.6 is 0 Å². The summed E-state index contributed by atoms with van der Waals surface area (Å²) >= 11 is 0. The van der Waals surface area contributed by atoms with Crippen molar-refractivity contribution < 1.29 is 9.84 Å². The Bertz CT molecular complexity index is 727. The van der Waals surface area contributed by atoms with Gasteiger partial charge in [-0.2, -0.15) is 0 Å². The zero-order valence-electron chi connectivity index (χ0n) is 12.0. The fourth-order valence-electron chi connectivity index (χ4n) is 2.03. The van der Waals surface area contributed by atoms with Crippen molar-refractivity contribution in [2.45, 2.75) is 12.6 Å². The van der Waals surface area contributed by atoms with Crippen LogP contribution in [0.4, 0.5) is 0 Å². The van der Waals surface area contributed by atoms with E-state index in [0.717, 1.165) is 11.1 Å². The normalized spacial score (nSPS) is 12.1. The van der Waals surface area contributed by atoms with E-state index in [4.69, 9.17) is 4.74 Å². The largest absolute Gasteiger partial charge is 0.467 e. The van der Waals surface area contributed by atoms with Gasteiger partial charge in [-0.25, -0.2) is 14.6 Å². The van der Waals surface area contributed by atoms with E-state index in [1.54, 1.807) is 23.3 Å². The molecule has 0 aliphatic heterocycles. The van der Waals surface area contributed by atoms with Crippen molar-refractivity contribution in [2.24, 2.45) is 0 Å². The van der Waals surface area contributed by atoms with Crippen LogP contribution in [0.5, 0.6) is 6.01 Å². The molecular weight excluding hydrogens is 282 g/mol. The Morgan fingerprint density at radius 2 is 1.91 bits per heavy atom. The standard InChI is InChI=1S/C15H15N5O2/c1-22-15-16-7-12(8-17-15)13-9-20(19-18-13)10-14(21)11-5-3-2-4-6-11/h2-9,14,21H,10H2,1H3. The van der Waals surface area contributed by atoms with E-state index in [1.807, 2.05) is 30.3 Å². The van der Waals surface area contributed by atoms with Crippen molar-refractivity contribution in [1.82, 2.24) is 25.0 Å². The van der Waals surface area contributed by atoms with Crippen LogP contribution in [0.1, 0.15) is 11.7 Å². The monoisotopic (exact) mass is 297 g/mol. The highest BCUT2D eigenvalue weighted by Crippen LogP contribution is 2.18. The number of benzene rings is 1. The summed E-state index contributed by atoms with van der Waals surface area (Å²) in [6, 6.07) is 9.74. The molecule has 0 aliphatic carbocycles. The summed E-state index contributed by atoms with van der Waals surface area (Å²) in [7, 11) is 1.51. The predicted molar refractivity (Wildman–Crippen MR) is 79.0 cm³/mol. The third-order valence-corrected chi connectivity index (χ3v) is 3.19. The molecule has 22 heavy (non-hydrogen) atoms. The lowest BCUT2D eigenvalue weighted by Crippen LogP contribution is -2.09. The summed E-state index contributed by atoms with van der Waals surface area (Å²) in [5.74, 6) is 0. The van der Waals surface area contributed by atoms with Gasteiger partial charge in [-0.1, -0.05) is 35.5 Å². The molecule has 0 bridgehead atoms. The van der Waals surface area contributed by atoms with Crippen molar-refractivity contribution in [3.05, 3.63) is 54.5 Å². The van der Waals surface area contributed by atoms with Gasteiger partial charge in [-0.05, 0) is 5.56 Å². The fourth-order valence-corrected chi connectivity index (χ4v) is 2.03. The van der Waals surface area contributed by atoms with Crippen molar-refractivity contribution in [3.63, 3.8) is 0 Å². The Morgan fingerprint density at radius 1 is 1.18 bits per heavy atom. The van der Waals surface area contributed by atoms with Crippen LogP contribution in [0.15, 0.2) is 48.9 Å². The van der Waals surface area contributed by atoms with Gasteiger partial charge in [0.2, 0.25) is 0 Å². The number of nitrogens with zero attached hydrogens (tertiary/aromatic N) is 5. The number of rotatable bonds is 5. The average Bonchev–Trinajstić information content (AvgIpc) is 3.04. The Kier molecular flexibility index (Phi) is 4.06. The molecule has 7 heteroatoms. The first-order valence-electron chi connectivity index (χ1n) is 6.76. The number of ether oxygens (including phenoxy) is 1. The molecule has 0 spiro atoms. The summed E-state index contributed by atoms with van der Waals surface area (Å²) in [5, 5.41) is 18.3. The Morgan fingerprint density at radius 3 is 2.59 bits per heavy atom. The molecule has 2 aromatic heterocycles. The molecule has 0 aliphatic rings. The highest BCUT2D eigenvalue weighted by Gasteiger charge is 2.11. The first kappa shape index (κ1) is 14.2. The molecule has 3 rings (SSSR count). The van der Waals surface area contributed by atoms with E-state index >= 15 is 0 Å². The van der Waals surface area contributed by atoms with Crippen LogP contribution in [0.2, 0.25) is 0 Å². The summed E-state index contributed by atoms with van der Waals surface area (Å²) < 4.78 is 6.51. The molecule has 1 atom stereocenters. The summed E-state index contributed by atoms with van der Waals surface area (Å²) in [6.07, 6.45) is 4.35. The molecule has 2 heterocycles. The maximum absolute atomic E-state index is 10.2. The third kappa shape index (κ3) is 3.09. The van der Waals surface area contributed by atoms with Crippen LogP contribution in [0.3, 0.4) is 0 Å². The number of hydrogen-bond donors (Lipinski definition) is 1. The second kappa shape index (κ2) is 6.31. The zero-order valence-corrected chi connectivity index (χ0v) is 12.0. The second-order valence-electron chi connectivity index (χ2n) is 4.71. The van der Waals surface area contributed by atoms with Crippen LogP contribution in [0.25, 0.3) is 11.3 Å². The van der Waals surface area contributed by atoms with Crippen LogP contribution in [0, 0.1) is 0 Å². The van der Waals surface area contributed by atoms with Crippen molar-refractivity contribution in [1.29, 1.82) is 0 Å². The van der Waals surface area contributed by atoms with E-state index in [-0.39, 0.29) is 0 Å². The van der Waals surface area contributed by atoms with Crippen molar-refractivity contribution in [3.8, 4) is 17.3 Å². The first-order chi connectivity index (χ1) is 10.8.